The highest BCUT2D eigenvalue weighted by Crippen LogP contribution is 2.24. The molecule has 6 nitrogen and oxygen atoms in total. The molecule has 29 heavy (non-hydrogen) atoms. The third-order valence-electron chi connectivity index (χ3n) is 5.77. The highest BCUT2D eigenvalue weighted by Gasteiger charge is 2.21. The molecule has 150 valence electrons. The van der Waals surface area contributed by atoms with Gasteiger partial charge in [-0.25, -0.2) is 9.78 Å². The lowest BCUT2D eigenvalue weighted by Crippen LogP contribution is -2.42. The molecular formula is C23H26N4O2. The van der Waals surface area contributed by atoms with E-state index < -0.39 is 0 Å². The van der Waals surface area contributed by atoms with Crippen LogP contribution in [-0.2, 0) is 19.5 Å². The van der Waals surface area contributed by atoms with Gasteiger partial charge >= 0.3 is 5.69 Å². The highest BCUT2D eigenvalue weighted by molar-refractivity contribution is 5.70. The molecule has 0 spiro atoms. The van der Waals surface area contributed by atoms with Crippen LogP contribution in [0.5, 0.6) is 0 Å². The van der Waals surface area contributed by atoms with Crippen LogP contribution in [0.4, 0.5) is 0 Å². The summed E-state index contributed by atoms with van der Waals surface area (Å²) in [5.74, 6) is 3.62. The van der Waals surface area contributed by atoms with Gasteiger partial charge in [0.05, 0.1) is 6.54 Å². The number of nitrogens with zero attached hydrogens (tertiary/aromatic N) is 3. The number of H-pyrrole nitrogens is 1. The molecule has 4 rings (SSSR count). The van der Waals surface area contributed by atoms with Gasteiger partial charge in [-0.05, 0) is 24.3 Å². The number of terminal acetylenes is 1. The zero-order valence-corrected chi connectivity index (χ0v) is 16.6. The smallest absolute Gasteiger partial charge is 0.333 e. The van der Waals surface area contributed by atoms with Crippen LogP contribution in [0.25, 0.3) is 11.2 Å². The van der Waals surface area contributed by atoms with E-state index in [1.165, 1.54) is 23.8 Å². The zero-order valence-electron chi connectivity index (χ0n) is 16.6. The largest absolute Gasteiger partial charge is 0.336 e. The molecule has 1 aromatic carbocycles. The molecule has 6 heteroatoms. The first kappa shape index (κ1) is 19.3. The minimum atomic E-state index is -0.285. The van der Waals surface area contributed by atoms with E-state index in [4.69, 9.17) is 6.42 Å². The Bertz CT molecular complexity index is 1140. The van der Waals surface area contributed by atoms with E-state index >= 15 is 0 Å². The highest BCUT2D eigenvalue weighted by atomic mass is 16.2. The van der Waals surface area contributed by atoms with Gasteiger partial charge in [-0.3, -0.25) is 13.9 Å². The quantitative estimate of drug-likeness (QED) is 0.658. The second kappa shape index (κ2) is 8.52. The Morgan fingerprint density at radius 2 is 1.86 bits per heavy atom. The lowest BCUT2D eigenvalue weighted by atomic mass is 9.89. The Morgan fingerprint density at radius 1 is 1.10 bits per heavy atom. The maximum absolute atomic E-state index is 13.3. The predicted octanol–water partition coefficient (Wildman–Crippen LogP) is 3.08. The molecule has 1 aliphatic carbocycles. The Hall–Kier alpha value is -3.07. The van der Waals surface area contributed by atoms with E-state index in [1.807, 2.05) is 30.3 Å². The summed E-state index contributed by atoms with van der Waals surface area (Å²) in [5.41, 5.74) is 1.23. The first-order valence-corrected chi connectivity index (χ1v) is 10.4. The molecule has 0 saturated heterocycles. The van der Waals surface area contributed by atoms with Crippen LogP contribution in [0.15, 0.2) is 39.9 Å². The minimum Gasteiger partial charge on any atom is -0.336 e. The second-order valence-electron chi connectivity index (χ2n) is 7.86. The molecule has 0 atom stereocenters. The van der Waals surface area contributed by atoms with E-state index in [0.717, 1.165) is 18.4 Å². The number of imidazole rings is 1. The number of hydrogen-bond acceptors (Lipinski definition) is 3. The number of hydrogen-bond donors (Lipinski definition) is 1. The average molecular weight is 390 g/mol. The zero-order chi connectivity index (χ0) is 20.2. The van der Waals surface area contributed by atoms with E-state index in [1.54, 1.807) is 4.57 Å². The van der Waals surface area contributed by atoms with E-state index in [0.29, 0.717) is 48.8 Å². The lowest BCUT2D eigenvalue weighted by Gasteiger charge is -2.22. The molecule has 0 bridgehead atoms. The fraction of sp³-hybridized carbons (Fsp3) is 0.435. The van der Waals surface area contributed by atoms with Crippen molar-refractivity contribution in [2.75, 3.05) is 0 Å². The van der Waals surface area contributed by atoms with Crippen LogP contribution < -0.4 is 11.2 Å². The lowest BCUT2D eigenvalue weighted by molar-refractivity contribution is 0.310. The second-order valence-corrected chi connectivity index (χ2v) is 7.86. The fourth-order valence-electron chi connectivity index (χ4n) is 4.22. The van der Waals surface area contributed by atoms with Crippen LogP contribution in [0.1, 0.15) is 49.9 Å². The van der Waals surface area contributed by atoms with Crippen molar-refractivity contribution in [1.82, 2.24) is 19.1 Å². The van der Waals surface area contributed by atoms with Gasteiger partial charge in [0.1, 0.15) is 11.3 Å². The van der Waals surface area contributed by atoms with Crippen molar-refractivity contribution in [2.24, 2.45) is 5.92 Å². The van der Waals surface area contributed by atoms with Crippen molar-refractivity contribution >= 4 is 11.2 Å². The van der Waals surface area contributed by atoms with Gasteiger partial charge in [0.2, 0.25) is 0 Å². The molecule has 2 heterocycles. The van der Waals surface area contributed by atoms with Crippen molar-refractivity contribution in [1.29, 1.82) is 0 Å². The van der Waals surface area contributed by atoms with Gasteiger partial charge in [-0.15, -0.1) is 12.3 Å². The van der Waals surface area contributed by atoms with Crippen LogP contribution >= 0.6 is 0 Å². The number of nitrogens with one attached hydrogen (secondary N) is 1. The number of aryl methyl sites for hydroxylation is 1. The SMILES string of the molecule is C#CCCc1nc2c([nH]1)c(=O)n(CC1CCCCC1)c(=O)n2Cc1ccccc1. The third-order valence-corrected chi connectivity index (χ3v) is 5.77. The molecule has 1 saturated carbocycles. The number of fused-ring (bicyclic) bond motifs is 1. The van der Waals surface area contributed by atoms with Crippen LogP contribution in [0.2, 0.25) is 0 Å². The Kier molecular flexibility index (Phi) is 5.66. The molecule has 0 aliphatic heterocycles. The predicted molar refractivity (Wildman–Crippen MR) is 114 cm³/mol. The molecule has 0 unspecified atom stereocenters. The summed E-state index contributed by atoms with van der Waals surface area (Å²) in [6, 6.07) is 9.77. The van der Waals surface area contributed by atoms with Gasteiger partial charge in [-0.2, -0.15) is 0 Å². The van der Waals surface area contributed by atoms with Crippen molar-refractivity contribution in [3.63, 3.8) is 0 Å². The fourth-order valence-corrected chi connectivity index (χ4v) is 4.22. The van der Waals surface area contributed by atoms with Crippen LogP contribution in [-0.4, -0.2) is 19.1 Å². The molecule has 1 aliphatic rings. The van der Waals surface area contributed by atoms with Gasteiger partial charge in [0.15, 0.2) is 5.65 Å². The maximum Gasteiger partial charge on any atom is 0.333 e. The van der Waals surface area contributed by atoms with E-state index in [9.17, 15) is 9.59 Å². The van der Waals surface area contributed by atoms with Gasteiger partial charge in [-0.1, -0.05) is 49.6 Å². The summed E-state index contributed by atoms with van der Waals surface area (Å²) in [6.45, 7) is 0.849. The first-order valence-electron chi connectivity index (χ1n) is 10.4. The van der Waals surface area contributed by atoms with Gasteiger partial charge < -0.3 is 4.98 Å². The third kappa shape index (κ3) is 4.04. The van der Waals surface area contributed by atoms with E-state index in [-0.39, 0.29) is 11.2 Å². The molecule has 0 amide bonds. The summed E-state index contributed by atoms with van der Waals surface area (Å²) < 4.78 is 3.02. The van der Waals surface area contributed by atoms with Crippen molar-refractivity contribution in [2.45, 2.75) is 58.0 Å². The Balaban J connectivity index is 1.82. The maximum atomic E-state index is 13.3. The number of rotatable bonds is 6. The topological polar surface area (TPSA) is 72.7 Å². The number of benzene rings is 1. The molecular weight excluding hydrogens is 364 g/mol. The molecule has 1 fully saturated rings. The minimum absolute atomic E-state index is 0.278. The Labute approximate surface area is 169 Å². The van der Waals surface area contributed by atoms with Crippen LogP contribution in [0, 0.1) is 18.3 Å². The van der Waals surface area contributed by atoms with Crippen molar-refractivity contribution in [3.8, 4) is 12.3 Å². The average Bonchev–Trinajstić information content (AvgIpc) is 3.18. The van der Waals surface area contributed by atoms with Crippen LogP contribution in [0.3, 0.4) is 0 Å². The summed E-state index contributed by atoms with van der Waals surface area (Å²) in [5, 5.41) is 0. The first-order chi connectivity index (χ1) is 14.2. The Morgan fingerprint density at radius 3 is 2.59 bits per heavy atom. The van der Waals surface area contributed by atoms with Gasteiger partial charge in [0.25, 0.3) is 5.56 Å². The van der Waals surface area contributed by atoms with Gasteiger partial charge in [0, 0.05) is 19.4 Å². The molecule has 3 aromatic rings. The summed E-state index contributed by atoms with van der Waals surface area (Å²) >= 11 is 0. The number of aromatic nitrogens is 4. The molecule has 2 aromatic heterocycles. The monoisotopic (exact) mass is 390 g/mol. The van der Waals surface area contributed by atoms with Crippen molar-refractivity contribution < 1.29 is 0 Å². The summed E-state index contributed by atoms with van der Waals surface area (Å²) in [6.07, 6.45) is 12.2. The molecule has 0 radical (unpaired) electrons. The summed E-state index contributed by atoms with van der Waals surface area (Å²) in [4.78, 5) is 34.2. The summed E-state index contributed by atoms with van der Waals surface area (Å²) in [7, 11) is 0. The number of aromatic amines is 1. The normalized spacial score (nSPS) is 14.9. The standard InChI is InChI=1S/C23H26N4O2/c1-2-3-14-19-24-20-21(25-19)26(15-17-10-6-4-7-11-17)23(29)27(22(20)28)16-18-12-8-5-9-13-18/h1,4,6-7,10-11,18H,3,5,8-9,12-16H2,(H,24,25). The van der Waals surface area contributed by atoms with E-state index in [2.05, 4.69) is 15.9 Å². The molecule has 1 N–H and O–H groups in total. The van der Waals surface area contributed by atoms with Crippen molar-refractivity contribution in [3.05, 3.63) is 62.6 Å².